The van der Waals surface area contributed by atoms with Crippen LogP contribution >= 0.6 is 23.6 Å². The molecular formula is C17H17N3O2S2. The van der Waals surface area contributed by atoms with Gasteiger partial charge in [0.1, 0.15) is 0 Å². The summed E-state index contributed by atoms with van der Waals surface area (Å²) in [7, 11) is 3.38. The molecule has 0 unspecified atom stereocenters. The van der Waals surface area contributed by atoms with Gasteiger partial charge in [0.05, 0.1) is 0 Å². The number of carbonyl (C=O) groups is 2. The zero-order valence-electron chi connectivity index (χ0n) is 13.3. The normalized spacial score (nSPS) is 10.4. The van der Waals surface area contributed by atoms with Crippen molar-refractivity contribution in [1.82, 2.24) is 10.2 Å². The highest BCUT2D eigenvalue weighted by Gasteiger charge is 2.09. The van der Waals surface area contributed by atoms with Crippen LogP contribution < -0.4 is 10.6 Å². The van der Waals surface area contributed by atoms with E-state index >= 15 is 0 Å². The van der Waals surface area contributed by atoms with Gasteiger partial charge in [-0.15, -0.1) is 11.3 Å². The minimum Gasteiger partial charge on any atom is -0.345 e. The maximum absolute atomic E-state index is 11.9. The van der Waals surface area contributed by atoms with Crippen molar-refractivity contribution in [3.63, 3.8) is 0 Å². The molecule has 24 heavy (non-hydrogen) atoms. The van der Waals surface area contributed by atoms with Crippen LogP contribution in [0.15, 0.2) is 47.9 Å². The van der Waals surface area contributed by atoms with Crippen LogP contribution in [0.5, 0.6) is 0 Å². The summed E-state index contributed by atoms with van der Waals surface area (Å²) in [4.78, 5) is 26.2. The van der Waals surface area contributed by atoms with Gasteiger partial charge in [0.25, 0.3) is 5.91 Å². The van der Waals surface area contributed by atoms with Crippen LogP contribution in [0.2, 0.25) is 0 Å². The first kappa shape index (κ1) is 17.8. The Labute approximate surface area is 150 Å². The maximum Gasteiger partial charge on any atom is 0.253 e. The number of benzene rings is 1. The van der Waals surface area contributed by atoms with Crippen LogP contribution in [0.1, 0.15) is 15.2 Å². The highest BCUT2D eigenvalue weighted by atomic mass is 32.1. The summed E-state index contributed by atoms with van der Waals surface area (Å²) in [5.41, 5.74) is 1.17. The van der Waals surface area contributed by atoms with Crippen molar-refractivity contribution in [1.29, 1.82) is 0 Å². The van der Waals surface area contributed by atoms with E-state index in [0.717, 1.165) is 4.88 Å². The minimum atomic E-state index is -0.318. The van der Waals surface area contributed by atoms with Crippen molar-refractivity contribution in [3.05, 3.63) is 58.3 Å². The van der Waals surface area contributed by atoms with Crippen LogP contribution in [0.4, 0.5) is 5.69 Å². The van der Waals surface area contributed by atoms with Crippen molar-refractivity contribution >= 4 is 52.2 Å². The van der Waals surface area contributed by atoms with Gasteiger partial charge in [-0.3, -0.25) is 14.9 Å². The Morgan fingerprint density at radius 1 is 1.21 bits per heavy atom. The molecule has 0 aliphatic heterocycles. The van der Waals surface area contributed by atoms with Crippen molar-refractivity contribution in [2.75, 3.05) is 19.4 Å². The molecule has 2 amide bonds. The number of thiophene rings is 1. The summed E-state index contributed by atoms with van der Waals surface area (Å²) in [6, 6.07) is 10.8. The lowest BCUT2D eigenvalue weighted by atomic mass is 10.2. The van der Waals surface area contributed by atoms with Crippen LogP contribution in [0, 0.1) is 0 Å². The van der Waals surface area contributed by atoms with E-state index in [-0.39, 0.29) is 16.9 Å². The van der Waals surface area contributed by atoms with Crippen molar-refractivity contribution in [2.45, 2.75) is 0 Å². The van der Waals surface area contributed by atoms with Gasteiger partial charge in [0.2, 0.25) is 5.91 Å². The van der Waals surface area contributed by atoms with E-state index in [4.69, 9.17) is 12.2 Å². The average Bonchev–Trinajstić information content (AvgIpc) is 3.05. The second-order valence-electron chi connectivity index (χ2n) is 5.07. The molecule has 0 atom stereocenters. The molecule has 0 saturated heterocycles. The lowest BCUT2D eigenvalue weighted by Gasteiger charge is -2.12. The SMILES string of the molecule is CN(C)C(=O)c1cccc(NC(=S)NC(=O)/C=C/c2cccs2)c1. The zero-order chi connectivity index (χ0) is 17.5. The molecule has 5 nitrogen and oxygen atoms in total. The Balaban J connectivity index is 1.93. The van der Waals surface area contributed by atoms with E-state index in [1.54, 1.807) is 55.8 Å². The first-order chi connectivity index (χ1) is 11.5. The van der Waals surface area contributed by atoms with Gasteiger partial charge in [-0.2, -0.15) is 0 Å². The molecule has 1 aromatic heterocycles. The third-order valence-electron chi connectivity index (χ3n) is 2.95. The third kappa shape index (κ3) is 5.29. The molecule has 124 valence electrons. The molecule has 0 aliphatic rings. The Bertz CT molecular complexity index is 768. The van der Waals surface area contributed by atoms with Gasteiger partial charge in [0.15, 0.2) is 5.11 Å². The van der Waals surface area contributed by atoms with Gasteiger partial charge >= 0.3 is 0 Å². The molecule has 0 saturated carbocycles. The first-order valence-electron chi connectivity index (χ1n) is 7.11. The van der Waals surface area contributed by atoms with E-state index in [1.165, 1.54) is 11.0 Å². The molecule has 2 aromatic rings. The smallest absolute Gasteiger partial charge is 0.253 e. The average molecular weight is 359 g/mol. The number of rotatable bonds is 4. The van der Waals surface area contributed by atoms with Crippen LogP contribution in [0.25, 0.3) is 6.08 Å². The topological polar surface area (TPSA) is 61.4 Å². The minimum absolute atomic E-state index is 0.104. The lowest BCUT2D eigenvalue weighted by molar-refractivity contribution is -0.115. The number of nitrogens with zero attached hydrogens (tertiary/aromatic N) is 1. The van der Waals surface area contributed by atoms with E-state index in [0.29, 0.717) is 11.3 Å². The number of hydrogen-bond acceptors (Lipinski definition) is 4. The second-order valence-corrected chi connectivity index (χ2v) is 6.46. The number of anilines is 1. The molecule has 7 heteroatoms. The third-order valence-corrected chi connectivity index (χ3v) is 3.99. The fourth-order valence-corrected chi connectivity index (χ4v) is 2.68. The summed E-state index contributed by atoms with van der Waals surface area (Å²) < 4.78 is 0. The highest BCUT2D eigenvalue weighted by Crippen LogP contribution is 2.12. The Morgan fingerprint density at radius 3 is 2.67 bits per heavy atom. The molecule has 2 rings (SSSR count). The monoisotopic (exact) mass is 359 g/mol. The summed E-state index contributed by atoms with van der Waals surface area (Å²) in [5, 5.41) is 7.57. The molecule has 1 aromatic carbocycles. The number of hydrogen-bond donors (Lipinski definition) is 2. The number of carbonyl (C=O) groups excluding carboxylic acids is 2. The zero-order valence-corrected chi connectivity index (χ0v) is 14.9. The first-order valence-corrected chi connectivity index (χ1v) is 8.40. The quantitative estimate of drug-likeness (QED) is 0.651. The molecule has 0 aliphatic carbocycles. The molecule has 0 spiro atoms. The van der Waals surface area contributed by atoms with E-state index < -0.39 is 0 Å². The van der Waals surface area contributed by atoms with Gasteiger partial charge in [-0.1, -0.05) is 12.1 Å². The van der Waals surface area contributed by atoms with E-state index in [2.05, 4.69) is 10.6 Å². The number of amides is 2. The lowest BCUT2D eigenvalue weighted by Crippen LogP contribution is -2.32. The molecule has 0 bridgehead atoms. The van der Waals surface area contributed by atoms with Crippen LogP contribution in [-0.2, 0) is 4.79 Å². The Kier molecular flexibility index (Phi) is 6.22. The van der Waals surface area contributed by atoms with E-state index in [1.807, 2.05) is 17.5 Å². The Morgan fingerprint density at radius 2 is 2.00 bits per heavy atom. The number of thiocarbonyl (C=S) groups is 1. The largest absolute Gasteiger partial charge is 0.345 e. The fraction of sp³-hybridized carbons (Fsp3) is 0.118. The van der Waals surface area contributed by atoms with Crippen molar-refractivity contribution in [3.8, 4) is 0 Å². The molecular weight excluding hydrogens is 342 g/mol. The molecule has 0 fully saturated rings. The maximum atomic E-state index is 11.9. The molecule has 0 radical (unpaired) electrons. The molecule has 1 heterocycles. The summed E-state index contributed by atoms with van der Waals surface area (Å²) in [6.07, 6.45) is 3.14. The fourth-order valence-electron chi connectivity index (χ4n) is 1.85. The molecule has 2 N–H and O–H groups in total. The van der Waals surface area contributed by atoms with Gasteiger partial charge < -0.3 is 10.2 Å². The number of nitrogens with one attached hydrogen (secondary N) is 2. The highest BCUT2D eigenvalue weighted by molar-refractivity contribution is 7.80. The summed E-state index contributed by atoms with van der Waals surface area (Å²) in [6.45, 7) is 0. The van der Waals surface area contributed by atoms with Crippen LogP contribution in [0.3, 0.4) is 0 Å². The Hall–Kier alpha value is -2.51. The predicted octanol–water partition coefficient (Wildman–Crippen LogP) is 2.98. The standard InChI is InChI=1S/C17H17N3O2S2/c1-20(2)16(22)12-5-3-6-13(11-12)18-17(23)19-15(21)9-8-14-7-4-10-24-14/h3-11H,1-2H3,(H2,18,19,21,23)/b9-8+. The van der Waals surface area contributed by atoms with Gasteiger partial charge in [-0.05, 0) is 47.9 Å². The van der Waals surface area contributed by atoms with Crippen molar-refractivity contribution in [2.24, 2.45) is 0 Å². The van der Waals surface area contributed by atoms with Gasteiger partial charge in [-0.25, -0.2) is 0 Å². The van der Waals surface area contributed by atoms with Crippen molar-refractivity contribution < 1.29 is 9.59 Å². The predicted molar refractivity (Wildman–Crippen MR) is 102 cm³/mol. The second kappa shape index (κ2) is 8.37. The van der Waals surface area contributed by atoms with Gasteiger partial charge in [0, 0.05) is 36.3 Å². The van der Waals surface area contributed by atoms with E-state index in [9.17, 15) is 9.59 Å². The summed E-state index contributed by atoms with van der Waals surface area (Å²) >= 11 is 6.66. The summed E-state index contributed by atoms with van der Waals surface area (Å²) in [5.74, 6) is -0.422. The van der Waals surface area contributed by atoms with Crippen LogP contribution in [-0.4, -0.2) is 35.9 Å².